The standard InChI is InChI=1S/C14H15NO2S/c1-17-14(16)10-15(9-12-7-8-18-11-12)13-5-3-2-4-6-13/h2-8,11H,9-10H2,1H3. The van der Waals surface area contributed by atoms with Crippen molar-refractivity contribution < 1.29 is 9.53 Å². The number of methoxy groups -OCH3 is 1. The van der Waals surface area contributed by atoms with Crippen LogP contribution in [0.1, 0.15) is 5.56 Å². The molecule has 0 saturated carbocycles. The molecule has 0 N–H and O–H groups in total. The molecular formula is C14H15NO2S. The largest absolute Gasteiger partial charge is 0.468 e. The molecule has 3 nitrogen and oxygen atoms in total. The fraction of sp³-hybridized carbons (Fsp3) is 0.214. The van der Waals surface area contributed by atoms with Crippen LogP contribution in [-0.2, 0) is 16.1 Å². The van der Waals surface area contributed by atoms with Crippen LogP contribution in [0, 0.1) is 0 Å². The monoisotopic (exact) mass is 261 g/mol. The molecule has 0 spiro atoms. The van der Waals surface area contributed by atoms with Gasteiger partial charge >= 0.3 is 5.97 Å². The van der Waals surface area contributed by atoms with E-state index in [-0.39, 0.29) is 12.5 Å². The van der Waals surface area contributed by atoms with Crippen molar-refractivity contribution in [2.75, 3.05) is 18.6 Å². The number of benzene rings is 1. The third-order valence-electron chi connectivity index (χ3n) is 2.62. The molecule has 2 rings (SSSR count). The Kier molecular flexibility index (Phi) is 4.36. The summed E-state index contributed by atoms with van der Waals surface area (Å²) in [5.74, 6) is -0.228. The molecule has 2 aromatic rings. The Labute approximate surface area is 111 Å². The first-order valence-electron chi connectivity index (χ1n) is 5.67. The smallest absolute Gasteiger partial charge is 0.325 e. The molecule has 0 fully saturated rings. The average molecular weight is 261 g/mol. The highest BCUT2D eigenvalue weighted by Crippen LogP contribution is 2.18. The van der Waals surface area contributed by atoms with Crippen molar-refractivity contribution in [3.8, 4) is 0 Å². The molecule has 18 heavy (non-hydrogen) atoms. The number of anilines is 1. The minimum atomic E-state index is -0.228. The quantitative estimate of drug-likeness (QED) is 0.775. The predicted molar refractivity (Wildman–Crippen MR) is 73.8 cm³/mol. The molecule has 0 bridgehead atoms. The average Bonchev–Trinajstić information content (AvgIpc) is 2.92. The molecule has 1 aromatic heterocycles. The molecule has 0 radical (unpaired) electrons. The summed E-state index contributed by atoms with van der Waals surface area (Å²) >= 11 is 1.66. The lowest BCUT2D eigenvalue weighted by Crippen LogP contribution is -2.29. The van der Waals surface area contributed by atoms with E-state index in [2.05, 4.69) is 11.4 Å². The van der Waals surface area contributed by atoms with E-state index in [1.807, 2.05) is 40.6 Å². The number of hydrogen-bond donors (Lipinski definition) is 0. The minimum Gasteiger partial charge on any atom is -0.468 e. The Morgan fingerprint density at radius 1 is 1.28 bits per heavy atom. The molecule has 0 atom stereocenters. The molecule has 0 saturated heterocycles. The fourth-order valence-corrected chi connectivity index (χ4v) is 2.36. The Morgan fingerprint density at radius 3 is 2.67 bits per heavy atom. The van der Waals surface area contributed by atoms with Gasteiger partial charge in [0, 0.05) is 12.2 Å². The summed E-state index contributed by atoms with van der Waals surface area (Å²) in [7, 11) is 1.41. The topological polar surface area (TPSA) is 29.5 Å². The maximum Gasteiger partial charge on any atom is 0.325 e. The molecule has 4 heteroatoms. The van der Waals surface area contributed by atoms with Gasteiger partial charge in [0.25, 0.3) is 0 Å². The van der Waals surface area contributed by atoms with Gasteiger partial charge in [-0.1, -0.05) is 18.2 Å². The summed E-state index contributed by atoms with van der Waals surface area (Å²) in [5, 5.41) is 4.13. The third-order valence-corrected chi connectivity index (χ3v) is 3.35. The lowest BCUT2D eigenvalue weighted by molar-refractivity contribution is -0.138. The molecule has 0 aliphatic heterocycles. The van der Waals surface area contributed by atoms with E-state index in [4.69, 9.17) is 4.74 Å². The van der Waals surface area contributed by atoms with Crippen LogP contribution in [0.3, 0.4) is 0 Å². The summed E-state index contributed by atoms with van der Waals surface area (Å²) in [6.07, 6.45) is 0. The zero-order chi connectivity index (χ0) is 12.8. The number of rotatable bonds is 5. The van der Waals surface area contributed by atoms with E-state index in [1.165, 1.54) is 12.7 Å². The van der Waals surface area contributed by atoms with Crippen molar-refractivity contribution in [1.82, 2.24) is 0 Å². The van der Waals surface area contributed by atoms with Crippen molar-refractivity contribution in [3.05, 3.63) is 52.7 Å². The van der Waals surface area contributed by atoms with E-state index in [9.17, 15) is 4.79 Å². The Bertz CT molecular complexity index is 482. The molecule has 1 aromatic carbocycles. The molecule has 0 aliphatic carbocycles. The molecular weight excluding hydrogens is 246 g/mol. The Morgan fingerprint density at radius 2 is 2.06 bits per heavy atom. The van der Waals surface area contributed by atoms with Gasteiger partial charge in [-0.15, -0.1) is 0 Å². The lowest BCUT2D eigenvalue weighted by Gasteiger charge is -2.23. The second kappa shape index (κ2) is 6.21. The third kappa shape index (κ3) is 3.34. The van der Waals surface area contributed by atoms with Crippen molar-refractivity contribution >= 4 is 23.0 Å². The highest BCUT2D eigenvalue weighted by atomic mass is 32.1. The minimum absolute atomic E-state index is 0.228. The fourth-order valence-electron chi connectivity index (χ4n) is 1.70. The van der Waals surface area contributed by atoms with Gasteiger partial charge in [0.15, 0.2) is 0 Å². The number of carbonyl (C=O) groups is 1. The summed E-state index contributed by atoms with van der Waals surface area (Å²) in [6, 6.07) is 12.0. The lowest BCUT2D eigenvalue weighted by atomic mass is 10.2. The van der Waals surface area contributed by atoms with Crippen LogP contribution in [0.15, 0.2) is 47.2 Å². The van der Waals surface area contributed by atoms with Crippen LogP contribution in [0.25, 0.3) is 0 Å². The Hall–Kier alpha value is -1.81. The normalized spacial score (nSPS) is 10.1. The van der Waals surface area contributed by atoms with Crippen LogP contribution in [0.5, 0.6) is 0 Å². The zero-order valence-corrected chi connectivity index (χ0v) is 11.0. The first-order valence-corrected chi connectivity index (χ1v) is 6.62. The van der Waals surface area contributed by atoms with E-state index in [1.54, 1.807) is 11.3 Å². The van der Waals surface area contributed by atoms with E-state index in [0.717, 1.165) is 5.69 Å². The van der Waals surface area contributed by atoms with Gasteiger partial charge in [-0.3, -0.25) is 4.79 Å². The molecule has 0 aliphatic rings. The first kappa shape index (κ1) is 12.6. The van der Waals surface area contributed by atoms with Crippen molar-refractivity contribution in [1.29, 1.82) is 0 Å². The molecule has 0 unspecified atom stereocenters. The van der Waals surface area contributed by atoms with Crippen LogP contribution < -0.4 is 4.90 Å². The van der Waals surface area contributed by atoms with Gasteiger partial charge in [-0.2, -0.15) is 11.3 Å². The molecule has 94 valence electrons. The van der Waals surface area contributed by atoms with Crippen molar-refractivity contribution in [2.24, 2.45) is 0 Å². The predicted octanol–water partition coefficient (Wildman–Crippen LogP) is 2.93. The molecule has 1 heterocycles. The van der Waals surface area contributed by atoms with Gasteiger partial charge in [-0.05, 0) is 34.5 Å². The summed E-state index contributed by atoms with van der Waals surface area (Å²) < 4.78 is 4.74. The summed E-state index contributed by atoms with van der Waals surface area (Å²) in [6.45, 7) is 0.971. The van der Waals surface area contributed by atoms with Crippen LogP contribution >= 0.6 is 11.3 Å². The number of para-hydroxylation sites is 1. The second-order valence-electron chi connectivity index (χ2n) is 3.90. The van der Waals surface area contributed by atoms with Crippen molar-refractivity contribution in [2.45, 2.75) is 6.54 Å². The number of esters is 1. The number of ether oxygens (including phenoxy) is 1. The van der Waals surface area contributed by atoms with Crippen LogP contribution in [0.2, 0.25) is 0 Å². The maximum absolute atomic E-state index is 11.5. The summed E-state index contributed by atoms with van der Waals surface area (Å²) in [5.41, 5.74) is 2.22. The zero-order valence-electron chi connectivity index (χ0n) is 10.2. The van der Waals surface area contributed by atoms with Gasteiger partial charge in [0.2, 0.25) is 0 Å². The first-order chi connectivity index (χ1) is 8.79. The highest BCUT2D eigenvalue weighted by Gasteiger charge is 2.12. The van der Waals surface area contributed by atoms with E-state index < -0.39 is 0 Å². The Balaban J connectivity index is 2.15. The van der Waals surface area contributed by atoms with Gasteiger partial charge in [0.1, 0.15) is 6.54 Å². The summed E-state index contributed by atoms with van der Waals surface area (Å²) in [4.78, 5) is 13.5. The second-order valence-corrected chi connectivity index (χ2v) is 4.68. The SMILES string of the molecule is COC(=O)CN(Cc1ccsc1)c1ccccc1. The number of hydrogen-bond acceptors (Lipinski definition) is 4. The number of nitrogens with zero attached hydrogens (tertiary/aromatic N) is 1. The number of carbonyl (C=O) groups excluding carboxylic acids is 1. The van der Waals surface area contributed by atoms with Crippen LogP contribution in [0.4, 0.5) is 5.69 Å². The van der Waals surface area contributed by atoms with Gasteiger partial charge < -0.3 is 9.64 Å². The maximum atomic E-state index is 11.5. The van der Waals surface area contributed by atoms with Crippen LogP contribution in [-0.4, -0.2) is 19.6 Å². The van der Waals surface area contributed by atoms with Crippen molar-refractivity contribution in [3.63, 3.8) is 0 Å². The van der Waals surface area contributed by atoms with Gasteiger partial charge in [0.05, 0.1) is 7.11 Å². The highest BCUT2D eigenvalue weighted by molar-refractivity contribution is 7.07. The molecule has 0 amide bonds. The number of thiophene rings is 1. The van der Waals surface area contributed by atoms with Gasteiger partial charge in [-0.25, -0.2) is 0 Å². The van der Waals surface area contributed by atoms with E-state index >= 15 is 0 Å². The van der Waals surface area contributed by atoms with E-state index in [0.29, 0.717) is 6.54 Å².